The Morgan fingerprint density at radius 3 is 1.86 bits per heavy atom. The molecule has 5 heteroatoms. The molecule has 0 aliphatic carbocycles. The average Bonchev–Trinajstić information content (AvgIpc) is 2.39. The lowest BCUT2D eigenvalue weighted by Gasteiger charge is -2.43. The van der Waals surface area contributed by atoms with Gasteiger partial charge < -0.3 is 9.84 Å². The zero-order chi connectivity index (χ0) is 17.3. The van der Waals surface area contributed by atoms with Crippen LogP contribution in [0.5, 0.6) is 0 Å². The van der Waals surface area contributed by atoms with Gasteiger partial charge in [0.05, 0.1) is 14.7 Å². The van der Waals surface area contributed by atoms with Crippen molar-refractivity contribution in [2.75, 3.05) is 6.61 Å². The normalized spacial score (nSPS) is 12.6. The third-order valence-electron chi connectivity index (χ3n) is 4.84. The smallest absolute Gasteiger partial charge is 0.331 e. The van der Waals surface area contributed by atoms with E-state index in [1.807, 2.05) is 0 Å². The number of carbonyl (C=O) groups excluding carboxylic acids is 1. The molecule has 0 aromatic heterocycles. The van der Waals surface area contributed by atoms with E-state index in [9.17, 15) is 9.59 Å². The van der Waals surface area contributed by atoms with Crippen LogP contribution >= 0.6 is 0 Å². The Labute approximate surface area is 136 Å². The third kappa shape index (κ3) is 6.34. The Morgan fingerprint density at radius 2 is 1.45 bits per heavy atom. The number of rotatable bonds is 10. The summed E-state index contributed by atoms with van der Waals surface area (Å²) >= 11 is 0. The van der Waals surface area contributed by atoms with Crippen molar-refractivity contribution in [3.05, 3.63) is 12.2 Å². The lowest BCUT2D eigenvalue weighted by Crippen LogP contribution is -2.44. The summed E-state index contributed by atoms with van der Waals surface area (Å²) in [6.45, 7) is 14.5. The van der Waals surface area contributed by atoms with E-state index in [1.165, 1.54) is 6.04 Å². The van der Waals surface area contributed by atoms with Gasteiger partial charge in [-0.15, -0.1) is 0 Å². The Kier molecular flexibility index (Phi) is 9.33. The highest BCUT2D eigenvalue weighted by molar-refractivity contribution is 6.83. The fourth-order valence-corrected chi connectivity index (χ4v) is 10.4. The Bertz CT molecular complexity index is 364. The maximum Gasteiger partial charge on any atom is 0.331 e. The monoisotopic (exact) mass is 328 g/mol. The van der Waals surface area contributed by atoms with Crippen molar-refractivity contribution in [3.63, 3.8) is 0 Å². The number of aliphatic carboxylic acids is 1. The molecule has 0 unspecified atom stereocenters. The van der Waals surface area contributed by atoms with Gasteiger partial charge in [0, 0.05) is 12.2 Å². The van der Waals surface area contributed by atoms with E-state index in [1.54, 1.807) is 0 Å². The second-order valence-corrected chi connectivity index (χ2v) is 13.1. The van der Waals surface area contributed by atoms with Gasteiger partial charge in [-0.3, -0.25) is 0 Å². The summed E-state index contributed by atoms with van der Waals surface area (Å²) in [5.74, 6) is -1.72. The van der Waals surface area contributed by atoms with Gasteiger partial charge in [0.25, 0.3) is 0 Å². The maximum atomic E-state index is 11.3. The van der Waals surface area contributed by atoms with Crippen LogP contribution in [-0.4, -0.2) is 31.7 Å². The number of hydrogen-bond donors (Lipinski definition) is 1. The first-order valence-corrected chi connectivity index (χ1v) is 10.7. The standard InChI is InChI=1S/C17H32O4Si/c1-13(2)22(14(3)4,15(5)6)12-8-7-11-21-17(20)10-9-16(18)19/h9-10,13-15H,7-8,11-12H2,1-6H3,(H,18,19)/b10-9-. The van der Waals surface area contributed by atoms with E-state index in [0.29, 0.717) is 6.61 Å². The molecular formula is C17H32O4Si. The zero-order valence-electron chi connectivity index (χ0n) is 14.9. The van der Waals surface area contributed by atoms with Crippen molar-refractivity contribution in [2.45, 2.75) is 77.1 Å². The average molecular weight is 329 g/mol. The molecular weight excluding hydrogens is 296 g/mol. The SMILES string of the molecule is CC(C)[Si](CCCCOC(=O)/C=C\C(=O)O)(C(C)C)C(C)C. The van der Waals surface area contributed by atoms with Crippen LogP contribution in [0.1, 0.15) is 54.4 Å². The highest BCUT2D eigenvalue weighted by Gasteiger charge is 2.41. The predicted molar refractivity (Wildman–Crippen MR) is 92.8 cm³/mol. The van der Waals surface area contributed by atoms with Gasteiger partial charge in [0.1, 0.15) is 0 Å². The van der Waals surface area contributed by atoms with E-state index in [0.717, 1.165) is 41.6 Å². The molecule has 0 spiro atoms. The van der Waals surface area contributed by atoms with Gasteiger partial charge in [0.2, 0.25) is 0 Å². The molecule has 0 aromatic carbocycles. The van der Waals surface area contributed by atoms with Crippen molar-refractivity contribution >= 4 is 20.0 Å². The summed E-state index contributed by atoms with van der Waals surface area (Å²) in [5, 5.41) is 8.43. The molecule has 128 valence electrons. The van der Waals surface area contributed by atoms with Crippen molar-refractivity contribution in [3.8, 4) is 0 Å². The minimum Gasteiger partial charge on any atom is -0.478 e. The Balaban J connectivity index is 4.31. The molecule has 0 fully saturated rings. The van der Waals surface area contributed by atoms with E-state index < -0.39 is 20.0 Å². The molecule has 0 amide bonds. The fraction of sp³-hybridized carbons (Fsp3) is 0.765. The molecule has 0 aliphatic rings. The fourth-order valence-electron chi connectivity index (χ4n) is 3.76. The van der Waals surface area contributed by atoms with E-state index in [-0.39, 0.29) is 0 Å². The van der Waals surface area contributed by atoms with Crippen molar-refractivity contribution in [1.29, 1.82) is 0 Å². The number of carboxylic acids is 1. The molecule has 0 aliphatic heterocycles. The predicted octanol–water partition coefficient (Wildman–Crippen LogP) is 4.63. The maximum absolute atomic E-state index is 11.3. The van der Waals surface area contributed by atoms with Gasteiger partial charge in [-0.1, -0.05) is 70.6 Å². The molecule has 0 bridgehead atoms. The van der Waals surface area contributed by atoms with Crippen LogP contribution in [-0.2, 0) is 14.3 Å². The second-order valence-electron chi connectivity index (χ2n) is 6.87. The van der Waals surface area contributed by atoms with Crippen LogP contribution < -0.4 is 0 Å². The molecule has 0 heterocycles. The van der Waals surface area contributed by atoms with Crippen molar-refractivity contribution in [1.82, 2.24) is 0 Å². The van der Waals surface area contributed by atoms with E-state index in [4.69, 9.17) is 9.84 Å². The number of carbonyl (C=O) groups is 2. The van der Waals surface area contributed by atoms with E-state index in [2.05, 4.69) is 41.5 Å². The van der Waals surface area contributed by atoms with Crippen LogP contribution in [0.2, 0.25) is 22.7 Å². The van der Waals surface area contributed by atoms with Gasteiger partial charge in [-0.2, -0.15) is 0 Å². The molecule has 0 saturated carbocycles. The number of hydrogen-bond acceptors (Lipinski definition) is 3. The lowest BCUT2D eigenvalue weighted by molar-refractivity contribution is -0.138. The summed E-state index contributed by atoms with van der Waals surface area (Å²) in [7, 11) is -1.37. The van der Waals surface area contributed by atoms with Crippen LogP contribution in [0.4, 0.5) is 0 Å². The largest absolute Gasteiger partial charge is 0.478 e. The molecule has 1 N–H and O–H groups in total. The molecule has 22 heavy (non-hydrogen) atoms. The highest BCUT2D eigenvalue weighted by Crippen LogP contribution is 2.45. The summed E-state index contributed by atoms with van der Waals surface area (Å²) in [6, 6.07) is 1.25. The molecule has 0 saturated heterocycles. The quantitative estimate of drug-likeness (QED) is 0.275. The van der Waals surface area contributed by atoms with Gasteiger partial charge in [0.15, 0.2) is 0 Å². The first kappa shape index (κ1) is 20.9. The van der Waals surface area contributed by atoms with Gasteiger partial charge in [-0.25, -0.2) is 9.59 Å². The summed E-state index contributed by atoms with van der Waals surface area (Å²) < 4.78 is 5.01. The Hall–Kier alpha value is -1.10. The summed E-state index contributed by atoms with van der Waals surface area (Å²) in [4.78, 5) is 21.6. The van der Waals surface area contributed by atoms with Crippen molar-refractivity contribution in [2.24, 2.45) is 0 Å². The number of ether oxygens (including phenoxy) is 1. The molecule has 0 rings (SSSR count). The van der Waals surface area contributed by atoms with E-state index >= 15 is 0 Å². The first-order chi connectivity index (χ1) is 10.1. The van der Waals surface area contributed by atoms with Crippen LogP contribution in [0.15, 0.2) is 12.2 Å². The van der Waals surface area contributed by atoms with Crippen LogP contribution in [0, 0.1) is 0 Å². The van der Waals surface area contributed by atoms with Crippen molar-refractivity contribution < 1.29 is 19.4 Å². The van der Waals surface area contributed by atoms with Crippen LogP contribution in [0.25, 0.3) is 0 Å². The number of esters is 1. The summed E-state index contributed by atoms with van der Waals surface area (Å²) in [5.41, 5.74) is 2.23. The number of carboxylic acid groups (broad SMARTS) is 1. The van der Waals surface area contributed by atoms with Gasteiger partial charge in [-0.05, 0) is 6.42 Å². The second kappa shape index (κ2) is 9.82. The highest BCUT2D eigenvalue weighted by atomic mass is 28.3. The first-order valence-electron chi connectivity index (χ1n) is 8.22. The molecule has 4 nitrogen and oxygen atoms in total. The van der Waals surface area contributed by atoms with Gasteiger partial charge >= 0.3 is 11.9 Å². The zero-order valence-corrected chi connectivity index (χ0v) is 15.9. The molecule has 0 radical (unpaired) electrons. The number of unbranched alkanes of at least 4 members (excludes halogenated alkanes) is 1. The molecule has 0 aromatic rings. The lowest BCUT2D eigenvalue weighted by atomic mass is 10.3. The molecule has 0 atom stereocenters. The minimum absolute atomic E-state index is 0.363. The minimum atomic E-state index is -1.37. The Morgan fingerprint density at radius 1 is 0.955 bits per heavy atom. The van der Waals surface area contributed by atoms with Crippen LogP contribution in [0.3, 0.4) is 0 Å². The summed E-state index contributed by atoms with van der Waals surface area (Å²) in [6.07, 6.45) is 3.67. The third-order valence-corrected chi connectivity index (χ3v) is 12.5. The topological polar surface area (TPSA) is 63.6 Å².